The third kappa shape index (κ3) is 5.26. The number of hydrogen-bond acceptors (Lipinski definition) is 5. The number of aromatic hydroxyl groups is 1. The summed E-state index contributed by atoms with van der Waals surface area (Å²) in [7, 11) is 0. The van der Waals surface area contributed by atoms with E-state index in [1.54, 1.807) is 37.4 Å². The van der Waals surface area contributed by atoms with Crippen LogP contribution in [0.2, 0.25) is 0 Å². The molecule has 0 unspecified atom stereocenters. The molecule has 0 aliphatic heterocycles. The second kappa shape index (κ2) is 9.84. The number of nitrogens with zero attached hydrogens (tertiary/aromatic N) is 2. The van der Waals surface area contributed by atoms with Gasteiger partial charge in [-0.1, -0.05) is 30.0 Å². The van der Waals surface area contributed by atoms with Crippen LogP contribution in [0.1, 0.15) is 44.6 Å². The highest BCUT2D eigenvalue weighted by atomic mass is 19.1. The maximum absolute atomic E-state index is 14.2. The Kier molecular flexibility index (Phi) is 6.27. The fourth-order valence-electron chi connectivity index (χ4n) is 4.02. The second-order valence-corrected chi connectivity index (χ2v) is 8.53. The number of fused-ring (bicyclic) bond motifs is 1. The highest BCUT2D eigenvalue weighted by Gasteiger charge is 2.24. The molecule has 1 amide bonds. The molecule has 3 heterocycles. The van der Waals surface area contributed by atoms with E-state index in [4.69, 9.17) is 5.73 Å². The van der Waals surface area contributed by atoms with Crippen molar-refractivity contribution in [3.05, 3.63) is 119 Å². The minimum atomic E-state index is -0.867. The molecule has 0 saturated heterocycles. The number of anilines is 1. The average Bonchev–Trinajstić information content (AvgIpc) is 3.32. The minimum Gasteiger partial charge on any atom is -0.508 e. The molecule has 5 rings (SSSR count). The molecule has 0 aliphatic carbocycles. The molecule has 37 heavy (non-hydrogen) atoms. The lowest BCUT2D eigenvalue weighted by molar-refractivity contribution is 0.0936. The molecule has 0 fully saturated rings. The number of amides is 1. The van der Waals surface area contributed by atoms with E-state index in [0.29, 0.717) is 28.3 Å². The number of nitrogen functional groups attached to an aromatic ring is 1. The molecule has 182 valence electrons. The molecule has 0 radical (unpaired) electrons. The predicted octanol–water partition coefficient (Wildman–Crippen LogP) is 4.61. The largest absolute Gasteiger partial charge is 0.508 e. The first-order valence-corrected chi connectivity index (χ1v) is 11.4. The standard InChI is InChI=1S/C29H22FN5O2/c1-17-12-19(7-6-18-8-11-27(31)32-16-18)13-25(33-17)29(37)35-28(22-15-21(30)9-10-26(22)36)24-14-20-4-2-3-5-23(20)34-24/h2-5,8-16,28,34,36H,1H3,(H2,31,32)(H,35,37)/t28-/m1/s1. The van der Waals surface area contributed by atoms with Crippen LogP contribution in [-0.4, -0.2) is 26.0 Å². The van der Waals surface area contributed by atoms with Crippen molar-refractivity contribution in [3.63, 3.8) is 0 Å². The van der Waals surface area contributed by atoms with Gasteiger partial charge in [0.1, 0.15) is 23.1 Å². The molecule has 5 N–H and O–H groups in total. The molecule has 1 atom stereocenters. The first-order valence-electron chi connectivity index (χ1n) is 11.4. The zero-order valence-electron chi connectivity index (χ0n) is 19.8. The van der Waals surface area contributed by atoms with Crippen molar-refractivity contribution < 1.29 is 14.3 Å². The summed E-state index contributed by atoms with van der Waals surface area (Å²) in [5.41, 5.74) is 9.26. The normalized spacial score (nSPS) is 11.5. The number of H-pyrrole nitrogens is 1. The van der Waals surface area contributed by atoms with E-state index in [-0.39, 0.29) is 17.0 Å². The van der Waals surface area contributed by atoms with E-state index in [0.717, 1.165) is 17.0 Å². The predicted molar refractivity (Wildman–Crippen MR) is 139 cm³/mol. The van der Waals surface area contributed by atoms with Crippen LogP contribution >= 0.6 is 0 Å². The summed E-state index contributed by atoms with van der Waals surface area (Å²) in [6.45, 7) is 1.76. The number of phenolic OH excluding ortho intramolecular Hbond substituents is 1. The Morgan fingerprint density at radius 2 is 1.86 bits per heavy atom. The summed E-state index contributed by atoms with van der Waals surface area (Å²) < 4.78 is 14.2. The van der Waals surface area contributed by atoms with E-state index >= 15 is 0 Å². The molecule has 3 aromatic heterocycles. The van der Waals surface area contributed by atoms with Crippen LogP contribution in [-0.2, 0) is 0 Å². The molecule has 5 aromatic rings. The third-order valence-corrected chi connectivity index (χ3v) is 5.76. The first-order chi connectivity index (χ1) is 17.9. The average molecular weight is 492 g/mol. The number of benzene rings is 2. The van der Waals surface area contributed by atoms with E-state index in [9.17, 15) is 14.3 Å². The zero-order chi connectivity index (χ0) is 25.9. The van der Waals surface area contributed by atoms with Crippen LogP contribution in [0.3, 0.4) is 0 Å². The Morgan fingerprint density at radius 1 is 1.05 bits per heavy atom. The summed E-state index contributed by atoms with van der Waals surface area (Å²) in [6, 6.07) is 19.0. The first kappa shape index (κ1) is 23.6. The van der Waals surface area contributed by atoms with Crippen LogP contribution < -0.4 is 11.1 Å². The van der Waals surface area contributed by atoms with E-state index in [2.05, 4.69) is 32.1 Å². The number of hydrogen-bond donors (Lipinski definition) is 4. The molecule has 0 saturated carbocycles. The lowest BCUT2D eigenvalue weighted by Crippen LogP contribution is -2.30. The maximum Gasteiger partial charge on any atom is 0.270 e. The number of aryl methyl sites for hydroxylation is 1. The Balaban J connectivity index is 1.50. The van der Waals surface area contributed by atoms with Crippen molar-refractivity contribution in [1.29, 1.82) is 0 Å². The van der Waals surface area contributed by atoms with E-state index in [1.807, 2.05) is 30.3 Å². The number of aromatic nitrogens is 3. The highest BCUT2D eigenvalue weighted by Crippen LogP contribution is 2.31. The number of nitrogens with one attached hydrogen (secondary N) is 2. The molecular weight excluding hydrogens is 469 g/mol. The summed E-state index contributed by atoms with van der Waals surface area (Å²) in [5, 5.41) is 14.3. The smallest absolute Gasteiger partial charge is 0.270 e. The number of aromatic amines is 1. The SMILES string of the molecule is Cc1cc(C#Cc2ccc(N)nc2)cc(C(=O)N[C@@H](c2cc3ccccc3[nH]2)c2cc(F)ccc2O)n1. The molecule has 0 aliphatic rings. The number of phenols is 1. The molecule has 0 spiro atoms. The molecule has 0 bridgehead atoms. The summed E-state index contributed by atoms with van der Waals surface area (Å²) >= 11 is 0. The second-order valence-electron chi connectivity index (χ2n) is 8.53. The van der Waals surface area contributed by atoms with Gasteiger partial charge in [0.25, 0.3) is 5.91 Å². The number of pyridine rings is 2. The fraction of sp³-hybridized carbons (Fsp3) is 0.0690. The van der Waals surface area contributed by atoms with Gasteiger partial charge in [-0.25, -0.2) is 14.4 Å². The van der Waals surface area contributed by atoms with Gasteiger partial charge in [0, 0.05) is 39.8 Å². The Bertz CT molecular complexity index is 1650. The van der Waals surface area contributed by atoms with Crippen molar-refractivity contribution in [3.8, 4) is 17.6 Å². The molecule has 7 nitrogen and oxygen atoms in total. The summed E-state index contributed by atoms with van der Waals surface area (Å²) in [5.74, 6) is 5.23. The molecular formula is C29H22FN5O2. The number of halogens is 1. The minimum absolute atomic E-state index is 0.136. The molecule has 2 aromatic carbocycles. The van der Waals surface area contributed by atoms with Gasteiger partial charge in [0.15, 0.2) is 0 Å². The van der Waals surface area contributed by atoms with Crippen molar-refractivity contribution >= 4 is 22.6 Å². The number of para-hydroxylation sites is 1. The maximum atomic E-state index is 14.2. The van der Waals surface area contributed by atoms with Crippen molar-refractivity contribution in [2.75, 3.05) is 5.73 Å². The van der Waals surface area contributed by atoms with Crippen LogP contribution in [0.4, 0.5) is 10.2 Å². The number of rotatable bonds is 4. The Morgan fingerprint density at radius 3 is 2.65 bits per heavy atom. The third-order valence-electron chi connectivity index (χ3n) is 5.76. The van der Waals surface area contributed by atoms with E-state index < -0.39 is 17.8 Å². The number of carbonyl (C=O) groups is 1. The summed E-state index contributed by atoms with van der Waals surface area (Å²) in [4.78, 5) is 25.0. The Hall–Kier alpha value is -5.16. The quantitative estimate of drug-likeness (QED) is 0.274. The van der Waals surface area contributed by atoms with Crippen LogP contribution in [0.5, 0.6) is 5.75 Å². The lowest BCUT2D eigenvalue weighted by atomic mass is 10.0. The monoisotopic (exact) mass is 491 g/mol. The Labute approximate surface area is 212 Å². The van der Waals surface area contributed by atoms with Crippen LogP contribution in [0, 0.1) is 24.6 Å². The van der Waals surface area contributed by atoms with Gasteiger partial charge in [-0.3, -0.25) is 4.79 Å². The van der Waals surface area contributed by atoms with Gasteiger partial charge in [0.2, 0.25) is 0 Å². The summed E-state index contributed by atoms with van der Waals surface area (Å²) in [6.07, 6.45) is 1.57. The highest BCUT2D eigenvalue weighted by molar-refractivity contribution is 5.93. The van der Waals surface area contributed by atoms with E-state index in [1.165, 1.54) is 12.1 Å². The number of carbonyl (C=O) groups excluding carboxylic acids is 1. The topological polar surface area (TPSA) is 117 Å². The van der Waals surface area contributed by atoms with Crippen LogP contribution in [0.15, 0.2) is 79.0 Å². The van der Waals surface area contributed by atoms with Gasteiger partial charge in [0.05, 0.1) is 6.04 Å². The molecule has 8 heteroatoms. The zero-order valence-corrected chi connectivity index (χ0v) is 19.8. The van der Waals surface area contributed by atoms with Crippen LogP contribution in [0.25, 0.3) is 10.9 Å². The fourth-order valence-corrected chi connectivity index (χ4v) is 4.02. The van der Waals surface area contributed by atoms with Crippen molar-refractivity contribution in [1.82, 2.24) is 20.3 Å². The van der Waals surface area contributed by atoms with Gasteiger partial charge in [-0.05, 0) is 66.9 Å². The lowest BCUT2D eigenvalue weighted by Gasteiger charge is -2.19. The van der Waals surface area contributed by atoms with Gasteiger partial charge in [-0.2, -0.15) is 0 Å². The van der Waals surface area contributed by atoms with Crippen molar-refractivity contribution in [2.45, 2.75) is 13.0 Å². The van der Waals surface area contributed by atoms with Gasteiger partial charge < -0.3 is 21.1 Å². The van der Waals surface area contributed by atoms with Gasteiger partial charge in [-0.15, -0.1) is 0 Å². The van der Waals surface area contributed by atoms with Crippen molar-refractivity contribution in [2.24, 2.45) is 0 Å². The van der Waals surface area contributed by atoms with Gasteiger partial charge >= 0.3 is 0 Å². The number of nitrogens with two attached hydrogens (primary N) is 1.